The van der Waals surface area contributed by atoms with Crippen LogP contribution in [0.1, 0.15) is 95.6 Å². The van der Waals surface area contributed by atoms with Gasteiger partial charge < -0.3 is 61.1 Å². The SMILES string of the molecule is CCOP(=O)(CCNS(=O)(=O)N(C/C(C)=C/Cc1c(OC)c(C)c2c(c1OCC[Si](C)(C)C)C(=O)OC2)C(=O)OCC[Si](C)(C)C)OCC.CCOP(=O)(CCNS(=O)(=O)NC(=O)OCC[Si](C)(C)C)OCC.COc1c(C)c2c(c(OCC[Si](C)(C)C)c1C/C=C(\C)CO)C(=O)OC2. The van der Waals surface area contributed by atoms with E-state index in [2.05, 4.69) is 88.0 Å². The highest BCUT2D eigenvalue weighted by Gasteiger charge is 2.37. The maximum atomic E-state index is 13.5. The molecular formula is C64H116N4O23P2S2Si4. The summed E-state index contributed by atoms with van der Waals surface area (Å²) in [5, 5.41) is 9.29. The van der Waals surface area contributed by atoms with Gasteiger partial charge in [-0.2, -0.15) is 30.6 Å². The average Bonchev–Trinajstić information content (AvgIpc) is 1.68. The fourth-order valence-electron chi connectivity index (χ4n) is 9.38. The summed E-state index contributed by atoms with van der Waals surface area (Å²) in [4.78, 5) is 50.0. The van der Waals surface area contributed by atoms with Gasteiger partial charge in [0.25, 0.3) is 0 Å². The lowest BCUT2D eigenvalue weighted by Crippen LogP contribution is -2.46. The first kappa shape index (κ1) is 90.6. The molecule has 0 atom stereocenters. The Morgan fingerprint density at radius 1 is 0.566 bits per heavy atom. The van der Waals surface area contributed by atoms with Crippen LogP contribution in [0.2, 0.25) is 103 Å². The first-order chi connectivity index (χ1) is 45.8. The number of carbonyl (C=O) groups excluding carboxylic acids is 4. The van der Waals surface area contributed by atoms with Crippen molar-refractivity contribution in [3.05, 3.63) is 67.8 Å². The smallest absolute Gasteiger partial charge is 0.424 e. The van der Waals surface area contributed by atoms with Crippen molar-refractivity contribution in [2.75, 3.05) is 106 Å². The first-order valence-corrected chi connectivity index (χ1v) is 54.6. The number of esters is 2. The van der Waals surface area contributed by atoms with E-state index < -0.39 is 86.1 Å². The molecule has 0 fully saturated rings. The summed E-state index contributed by atoms with van der Waals surface area (Å²) < 4.78 is 148. The van der Waals surface area contributed by atoms with Gasteiger partial charge in [0.05, 0.1) is 92.6 Å². The van der Waals surface area contributed by atoms with Gasteiger partial charge in [0, 0.05) is 67.6 Å². The van der Waals surface area contributed by atoms with Crippen molar-refractivity contribution < 1.29 is 106 Å². The van der Waals surface area contributed by atoms with Gasteiger partial charge in [-0.3, -0.25) is 9.13 Å². The molecular weight excluding hydrogens is 1430 g/mol. The summed E-state index contributed by atoms with van der Waals surface area (Å²) in [6.07, 6.45) is 2.03. The van der Waals surface area contributed by atoms with Crippen LogP contribution < -0.4 is 33.1 Å². The van der Waals surface area contributed by atoms with Gasteiger partial charge >= 0.3 is 59.7 Å². The third-order valence-corrected chi connectivity index (χ3v) is 28.3. The molecule has 0 radical (unpaired) electrons. The summed E-state index contributed by atoms with van der Waals surface area (Å²) in [5.41, 5.74) is 7.01. The number of rotatable bonds is 41. The van der Waals surface area contributed by atoms with E-state index in [-0.39, 0.29) is 104 Å². The Morgan fingerprint density at radius 2 is 0.929 bits per heavy atom. The van der Waals surface area contributed by atoms with Gasteiger partial charge in [-0.1, -0.05) is 102 Å². The normalized spacial score (nSPS) is 13.8. The van der Waals surface area contributed by atoms with Crippen molar-refractivity contribution >= 4 is 92.0 Å². The molecule has 2 amide bonds. The molecule has 35 heteroatoms. The topological polar surface area (TPSA) is 341 Å². The molecule has 2 aromatic carbocycles. The van der Waals surface area contributed by atoms with Crippen molar-refractivity contribution in [1.29, 1.82) is 0 Å². The Bertz CT molecular complexity index is 3400. The number of hydrogen-bond donors (Lipinski definition) is 4. The summed E-state index contributed by atoms with van der Waals surface area (Å²) in [6, 6.07) is 3.25. The van der Waals surface area contributed by atoms with Crippen molar-refractivity contribution in [2.24, 2.45) is 0 Å². The summed E-state index contributed by atoms with van der Waals surface area (Å²) in [7, 11) is -17.9. The molecule has 2 heterocycles. The highest BCUT2D eigenvalue weighted by molar-refractivity contribution is 7.88. The van der Waals surface area contributed by atoms with E-state index in [0.717, 1.165) is 57.3 Å². The molecule has 4 rings (SSSR count). The number of ether oxygens (including phenoxy) is 8. The van der Waals surface area contributed by atoms with Crippen LogP contribution in [0.15, 0.2) is 23.3 Å². The lowest BCUT2D eigenvalue weighted by molar-refractivity contribution is 0.0522. The molecule has 568 valence electrons. The summed E-state index contributed by atoms with van der Waals surface area (Å²) in [6.45, 7) is 41.7. The van der Waals surface area contributed by atoms with Gasteiger partial charge in [-0.15, -0.1) is 0 Å². The number of amides is 2. The zero-order valence-corrected chi connectivity index (χ0v) is 70.2. The molecule has 0 unspecified atom stereocenters. The fraction of sp³-hybridized carbons (Fsp3) is 0.688. The van der Waals surface area contributed by atoms with Crippen LogP contribution in [0.3, 0.4) is 0 Å². The zero-order valence-electron chi connectivity index (χ0n) is 62.8. The van der Waals surface area contributed by atoms with Crippen molar-refractivity contribution in [1.82, 2.24) is 18.5 Å². The third kappa shape index (κ3) is 32.0. The van der Waals surface area contributed by atoms with Gasteiger partial charge in [0.1, 0.15) is 47.3 Å². The Kier molecular flexibility index (Phi) is 37.7. The van der Waals surface area contributed by atoms with Crippen LogP contribution in [0.5, 0.6) is 23.0 Å². The van der Waals surface area contributed by atoms with E-state index in [1.54, 1.807) is 59.6 Å². The number of carbonyl (C=O) groups is 4. The van der Waals surface area contributed by atoms with E-state index in [9.17, 15) is 50.3 Å². The number of nitrogens with zero attached hydrogens (tertiary/aromatic N) is 1. The summed E-state index contributed by atoms with van der Waals surface area (Å²) >= 11 is 0. The van der Waals surface area contributed by atoms with Crippen LogP contribution in [-0.2, 0) is 92.6 Å². The lowest BCUT2D eigenvalue weighted by Gasteiger charge is -2.24. The minimum absolute atomic E-state index is 0.0000939. The molecule has 2 aliphatic rings. The van der Waals surface area contributed by atoms with Crippen LogP contribution in [0, 0.1) is 13.8 Å². The molecule has 2 aromatic rings. The Morgan fingerprint density at radius 3 is 1.29 bits per heavy atom. The predicted octanol–water partition coefficient (Wildman–Crippen LogP) is 12.8. The van der Waals surface area contributed by atoms with Gasteiger partial charge in [0.15, 0.2) is 0 Å². The minimum atomic E-state index is -4.45. The van der Waals surface area contributed by atoms with Crippen LogP contribution in [0.4, 0.5) is 9.59 Å². The number of allylic oxidation sites excluding steroid dienone is 2. The van der Waals surface area contributed by atoms with Crippen molar-refractivity contribution in [3.63, 3.8) is 0 Å². The second-order valence-electron chi connectivity index (χ2n) is 28.4. The molecule has 27 nitrogen and oxygen atoms in total. The standard InChI is InChI=1S/C32H57N2O11PSSi2.C20H30O5Si.C12H29N2O7PSSi/c1-12-44-46(37,45-13-2)19-16-33-47(38,39)34(32(36)42-18-21-49(9,10)11)22-24(3)14-15-26-29(40-5)25(4)27-23-43-31(35)28(27)30(26)41-17-20-48(6,7)8;1-13(11-21)7-8-15-18(23-3)14(2)16-12-25-20(22)17(16)19(15)24-9-10-26(4,5)6;1-6-20-22(16,21-7-2)10-8-13-23(17,18)14-12(15)19-9-11-24(3,4)5/h14,33H,12-13,15-23H2,1-11H3;7,21H,8-12H2,1-6H3;13H,6-11H2,1-5H3,(H,14,15)/b24-14+;13-7+;. The number of aliphatic hydroxyl groups excluding tert-OH is 1. The average molecular weight is 1550 g/mol. The molecule has 0 saturated heterocycles. The highest BCUT2D eigenvalue weighted by atomic mass is 32.2. The van der Waals surface area contributed by atoms with Crippen LogP contribution in [-0.4, -0.2) is 188 Å². The first-order valence-electron chi connectivity index (χ1n) is 33.4. The zero-order chi connectivity index (χ0) is 75.5. The number of methoxy groups -OCH3 is 2. The minimum Gasteiger partial charge on any atom is -0.496 e. The largest absolute Gasteiger partial charge is 0.496 e. The number of aliphatic hydroxyl groups is 1. The maximum absolute atomic E-state index is 13.5. The number of hydrogen-bond acceptors (Lipinski definition) is 23. The quantitative estimate of drug-likeness (QED) is 0.0158. The molecule has 0 bridgehead atoms. The molecule has 4 N–H and O–H groups in total. The Labute approximate surface area is 594 Å². The second kappa shape index (κ2) is 41.1. The Hall–Kier alpha value is -4.45. The second-order valence-corrected chi connectivity index (χ2v) is 58.4. The van der Waals surface area contributed by atoms with Crippen molar-refractivity contribution in [3.8, 4) is 23.0 Å². The van der Waals surface area contributed by atoms with E-state index in [1.165, 1.54) is 0 Å². The van der Waals surface area contributed by atoms with E-state index in [4.69, 9.17) is 56.0 Å². The van der Waals surface area contributed by atoms with Crippen molar-refractivity contribution in [2.45, 2.75) is 184 Å². The molecule has 0 aliphatic carbocycles. The predicted molar refractivity (Wildman–Crippen MR) is 397 cm³/mol. The maximum Gasteiger partial charge on any atom is 0.424 e. The lowest BCUT2D eigenvalue weighted by atomic mass is 9.95. The molecule has 0 saturated carbocycles. The third-order valence-electron chi connectivity index (χ3n) is 14.9. The van der Waals surface area contributed by atoms with E-state index in [1.807, 2.05) is 26.8 Å². The van der Waals surface area contributed by atoms with Crippen LogP contribution >= 0.6 is 15.2 Å². The van der Waals surface area contributed by atoms with E-state index in [0.29, 0.717) is 69.5 Å². The van der Waals surface area contributed by atoms with Crippen LogP contribution in [0.25, 0.3) is 0 Å². The van der Waals surface area contributed by atoms with Gasteiger partial charge in [-0.05, 0) is 104 Å². The number of fused-ring (bicyclic) bond motifs is 2. The summed E-state index contributed by atoms with van der Waals surface area (Å²) in [5.74, 6) is 1.45. The fourth-order valence-corrected chi connectivity index (χ4v) is 17.4. The number of benzene rings is 2. The molecule has 0 aromatic heterocycles. The molecule has 99 heavy (non-hydrogen) atoms. The monoisotopic (exact) mass is 1550 g/mol. The van der Waals surface area contributed by atoms with E-state index >= 15 is 0 Å². The number of nitrogens with one attached hydrogen (secondary N) is 3. The van der Waals surface area contributed by atoms with Gasteiger partial charge in [0.2, 0.25) is 0 Å². The highest BCUT2D eigenvalue weighted by Crippen LogP contribution is 2.49. The molecule has 2 aliphatic heterocycles. The molecule has 0 spiro atoms. The van der Waals surface area contributed by atoms with Gasteiger partial charge in [-0.25, -0.2) is 23.9 Å². The number of cyclic esters (lactones) is 2. The Balaban J connectivity index is 0.000000559.